The van der Waals surface area contributed by atoms with Crippen molar-refractivity contribution in [2.45, 2.75) is 39.0 Å². The normalized spacial score (nSPS) is 15.6. The Balaban J connectivity index is 1.59. The highest BCUT2D eigenvalue weighted by atomic mass is 16.5. The van der Waals surface area contributed by atoms with Crippen LogP contribution in [-0.4, -0.2) is 32.9 Å². The van der Waals surface area contributed by atoms with E-state index in [1.54, 1.807) is 23.1 Å². The van der Waals surface area contributed by atoms with Crippen LogP contribution in [0.1, 0.15) is 25.2 Å². The number of ether oxygens (including phenoxy) is 1. The van der Waals surface area contributed by atoms with Gasteiger partial charge in [0.05, 0.1) is 17.4 Å². The fourth-order valence-electron chi connectivity index (χ4n) is 3.39. The zero-order chi connectivity index (χ0) is 19.0. The largest absolute Gasteiger partial charge is 0.480 e. The van der Waals surface area contributed by atoms with E-state index in [-0.39, 0.29) is 24.1 Å². The summed E-state index contributed by atoms with van der Waals surface area (Å²) >= 11 is 0. The first-order chi connectivity index (χ1) is 13.0. The summed E-state index contributed by atoms with van der Waals surface area (Å²) in [7, 11) is 0. The van der Waals surface area contributed by atoms with Crippen molar-refractivity contribution in [2.24, 2.45) is 0 Å². The van der Waals surface area contributed by atoms with Gasteiger partial charge >= 0.3 is 0 Å². The van der Waals surface area contributed by atoms with E-state index in [1.807, 2.05) is 44.2 Å². The molecule has 0 fully saturated rings. The average Bonchev–Trinajstić information content (AvgIpc) is 3.10. The van der Waals surface area contributed by atoms with Crippen molar-refractivity contribution in [1.29, 1.82) is 0 Å². The van der Waals surface area contributed by atoms with Gasteiger partial charge in [0.2, 0.25) is 0 Å². The second-order valence-electron chi connectivity index (χ2n) is 7.01. The molecule has 3 aromatic rings. The molecule has 6 nitrogen and oxygen atoms in total. The predicted octanol–water partition coefficient (Wildman–Crippen LogP) is 2.66. The number of carbonyl (C=O) groups is 1. The monoisotopic (exact) mass is 363 g/mol. The molecule has 1 N–H and O–H groups in total. The average molecular weight is 363 g/mol. The first-order valence-electron chi connectivity index (χ1n) is 9.06. The van der Waals surface area contributed by atoms with Crippen LogP contribution in [0.15, 0.2) is 53.3 Å². The predicted molar refractivity (Wildman–Crippen MR) is 103 cm³/mol. The van der Waals surface area contributed by atoms with Crippen molar-refractivity contribution in [1.82, 2.24) is 14.9 Å². The molecule has 1 aliphatic heterocycles. The van der Waals surface area contributed by atoms with Crippen LogP contribution < -0.4 is 10.3 Å². The number of carbonyl (C=O) groups excluding carboxylic acids is 1. The summed E-state index contributed by atoms with van der Waals surface area (Å²) in [4.78, 5) is 34.4. The lowest BCUT2D eigenvalue weighted by Crippen LogP contribution is -2.45. The molecule has 0 aliphatic carbocycles. The maximum atomic E-state index is 13.1. The Labute approximate surface area is 156 Å². The van der Waals surface area contributed by atoms with Crippen LogP contribution in [0.4, 0.5) is 0 Å². The Kier molecular flexibility index (Phi) is 4.39. The van der Waals surface area contributed by atoms with Crippen LogP contribution in [0.3, 0.4) is 0 Å². The number of nitrogens with zero attached hydrogens (tertiary/aromatic N) is 2. The fraction of sp³-hybridized carbons (Fsp3) is 0.286. The van der Waals surface area contributed by atoms with Gasteiger partial charge in [-0.2, -0.15) is 0 Å². The number of hydrogen-bond donors (Lipinski definition) is 1. The van der Waals surface area contributed by atoms with Crippen LogP contribution in [0.5, 0.6) is 5.75 Å². The quantitative estimate of drug-likeness (QED) is 0.773. The number of hydrogen-bond acceptors (Lipinski definition) is 4. The van der Waals surface area contributed by atoms with Crippen molar-refractivity contribution in [2.75, 3.05) is 0 Å². The van der Waals surface area contributed by atoms with Gasteiger partial charge in [0.1, 0.15) is 11.6 Å². The first kappa shape index (κ1) is 17.3. The Hall–Kier alpha value is -3.15. The van der Waals surface area contributed by atoms with E-state index in [0.29, 0.717) is 23.1 Å². The molecule has 2 aromatic carbocycles. The molecular formula is C21H21N3O3. The summed E-state index contributed by atoms with van der Waals surface area (Å²) in [5.74, 6) is 1.13. The maximum Gasteiger partial charge on any atom is 0.264 e. The Bertz CT molecular complexity index is 1030. The van der Waals surface area contributed by atoms with E-state index in [9.17, 15) is 9.59 Å². The molecule has 6 heteroatoms. The Morgan fingerprint density at radius 1 is 1.22 bits per heavy atom. The summed E-state index contributed by atoms with van der Waals surface area (Å²) in [5, 5.41) is 0.540. The van der Waals surface area contributed by atoms with E-state index in [4.69, 9.17) is 4.74 Å². The number of benzene rings is 2. The molecule has 0 bridgehead atoms. The molecule has 0 saturated heterocycles. The first-order valence-corrected chi connectivity index (χ1v) is 9.06. The number of rotatable bonds is 4. The van der Waals surface area contributed by atoms with Crippen molar-refractivity contribution < 1.29 is 9.53 Å². The molecule has 1 unspecified atom stereocenters. The van der Waals surface area contributed by atoms with Crippen molar-refractivity contribution in [3.8, 4) is 5.75 Å². The van der Waals surface area contributed by atoms with Crippen LogP contribution in [0, 0.1) is 0 Å². The standard InChI is InChI=1S/C21H21N3O3/c1-13(2)24(21(26)18-11-14-7-3-6-10-17(14)27-18)12-19-22-16-9-5-4-8-15(16)20(25)23-19/h3-10,13,18H,11-12H2,1-2H3,(H,22,23,25). The fourth-order valence-corrected chi connectivity index (χ4v) is 3.39. The second-order valence-corrected chi connectivity index (χ2v) is 7.01. The number of nitrogens with one attached hydrogen (secondary N) is 1. The van der Waals surface area contributed by atoms with Gasteiger partial charge in [0.15, 0.2) is 6.10 Å². The summed E-state index contributed by atoms with van der Waals surface area (Å²) < 4.78 is 5.85. The molecule has 27 heavy (non-hydrogen) atoms. The van der Waals surface area contributed by atoms with Gasteiger partial charge in [-0.3, -0.25) is 9.59 Å². The summed E-state index contributed by atoms with van der Waals surface area (Å²) in [6.45, 7) is 4.12. The van der Waals surface area contributed by atoms with Gasteiger partial charge < -0.3 is 14.6 Å². The zero-order valence-electron chi connectivity index (χ0n) is 15.3. The van der Waals surface area contributed by atoms with Crippen LogP contribution in [0.2, 0.25) is 0 Å². The lowest BCUT2D eigenvalue weighted by atomic mass is 10.1. The van der Waals surface area contributed by atoms with Crippen molar-refractivity contribution >= 4 is 16.8 Å². The molecule has 1 aliphatic rings. The van der Waals surface area contributed by atoms with Crippen LogP contribution >= 0.6 is 0 Å². The van der Waals surface area contributed by atoms with Gasteiger partial charge in [-0.15, -0.1) is 0 Å². The topological polar surface area (TPSA) is 75.3 Å². The number of aromatic nitrogens is 2. The zero-order valence-corrected chi connectivity index (χ0v) is 15.3. The molecular weight excluding hydrogens is 342 g/mol. The molecule has 0 saturated carbocycles. The minimum absolute atomic E-state index is 0.0541. The molecule has 0 spiro atoms. The molecule has 1 aromatic heterocycles. The second kappa shape index (κ2) is 6.87. The van der Waals surface area contributed by atoms with Crippen molar-refractivity contribution in [3.63, 3.8) is 0 Å². The molecule has 0 radical (unpaired) electrons. The number of para-hydroxylation sites is 2. The number of H-pyrrole nitrogens is 1. The molecule has 1 amide bonds. The molecule has 1 atom stereocenters. The maximum absolute atomic E-state index is 13.1. The third kappa shape index (κ3) is 3.30. The van der Waals surface area contributed by atoms with Gasteiger partial charge in [-0.25, -0.2) is 4.98 Å². The summed E-state index contributed by atoms with van der Waals surface area (Å²) in [5.41, 5.74) is 1.46. The summed E-state index contributed by atoms with van der Waals surface area (Å²) in [6.07, 6.45) is 0.0110. The van der Waals surface area contributed by atoms with Gasteiger partial charge in [0, 0.05) is 12.5 Å². The highest BCUT2D eigenvalue weighted by Crippen LogP contribution is 2.29. The van der Waals surface area contributed by atoms with E-state index in [1.165, 1.54) is 0 Å². The highest BCUT2D eigenvalue weighted by molar-refractivity contribution is 5.83. The van der Waals surface area contributed by atoms with Gasteiger partial charge in [0.25, 0.3) is 11.5 Å². The summed E-state index contributed by atoms with van der Waals surface area (Å²) in [6, 6.07) is 14.8. The lowest BCUT2D eigenvalue weighted by Gasteiger charge is -2.28. The Morgan fingerprint density at radius 3 is 2.74 bits per heavy atom. The van der Waals surface area contributed by atoms with Crippen LogP contribution in [-0.2, 0) is 17.8 Å². The minimum Gasteiger partial charge on any atom is -0.480 e. The van der Waals surface area contributed by atoms with Crippen LogP contribution in [0.25, 0.3) is 10.9 Å². The van der Waals surface area contributed by atoms with E-state index in [0.717, 1.165) is 11.3 Å². The number of fused-ring (bicyclic) bond motifs is 2. The van der Waals surface area contributed by atoms with Gasteiger partial charge in [-0.05, 0) is 37.6 Å². The minimum atomic E-state index is -0.544. The number of amides is 1. The third-order valence-corrected chi connectivity index (χ3v) is 4.81. The molecule has 4 rings (SSSR count). The smallest absolute Gasteiger partial charge is 0.264 e. The molecule has 2 heterocycles. The third-order valence-electron chi connectivity index (χ3n) is 4.81. The highest BCUT2D eigenvalue weighted by Gasteiger charge is 2.33. The lowest BCUT2D eigenvalue weighted by molar-refractivity contribution is -0.140. The van der Waals surface area contributed by atoms with E-state index >= 15 is 0 Å². The van der Waals surface area contributed by atoms with E-state index in [2.05, 4.69) is 9.97 Å². The van der Waals surface area contributed by atoms with E-state index < -0.39 is 6.10 Å². The van der Waals surface area contributed by atoms with Gasteiger partial charge in [-0.1, -0.05) is 30.3 Å². The Morgan fingerprint density at radius 2 is 1.96 bits per heavy atom. The van der Waals surface area contributed by atoms with Crippen molar-refractivity contribution in [3.05, 3.63) is 70.3 Å². The molecule has 138 valence electrons. The number of aromatic amines is 1. The SMILES string of the molecule is CC(C)N(Cc1nc2ccccc2c(=O)[nH]1)C(=O)C1Cc2ccccc2O1.